The molecule has 1 heterocycles. The predicted octanol–water partition coefficient (Wildman–Crippen LogP) is 3.91. The molecule has 0 unspecified atom stereocenters. The highest BCUT2D eigenvalue weighted by atomic mass is 16.5. The molecule has 0 saturated heterocycles. The van der Waals surface area contributed by atoms with E-state index in [1.54, 1.807) is 37.4 Å². The summed E-state index contributed by atoms with van der Waals surface area (Å²) < 4.78 is 10.4. The van der Waals surface area contributed by atoms with Crippen molar-refractivity contribution < 1.29 is 14.3 Å². The van der Waals surface area contributed by atoms with Gasteiger partial charge in [0.05, 0.1) is 42.3 Å². The van der Waals surface area contributed by atoms with Gasteiger partial charge in [0.15, 0.2) is 0 Å². The average molecular weight is 352 g/mol. The van der Waals surface area contributed by atoms with Crippen LogP contribution in [0.4, 0.5) is 16.2 Å². The van der Waals surface area contributed by atoms with E-state index in [9.17, 15) is 4.79 Å². The molecular formula is C19H20N4O3. The van der Waals surface area contributed by atoms with E-state index in [1.165, 1.54) is 7.11 Å². The Kier molecular flexibility index (Phi) is 4.88. The summed E-state index contributed by atoms with van der Waals surface area (Å²) in [5.74, 6) is 1.15. The summed E-state index contributed by atoms with van der Waals surface area (Å²) in [5.41, 5.74) is 4.44. The quantitative estimate of drug-likeness (QED) is 0.743. The molecule has 7 nitrogen and oxygen atoms in total. The molecule has 0 atom stereocenters. The van der Waals surface area contributed by atoms with Crippen molar-refractivity contribution in [2.24, 2.45) is 0 Å². The van der Waals surface area contributed by atoms with Gasteiger partial charge in [-0.1, -0.05) is 0 Å². The van der Waals surface area contributed by atoms with Crippen molar-refractivity contribution in [3.63, 3.8) is 0 Å². The lowest BCUT2D eigenvalue weighted by Gasteiger charge is -2.12. The van der Waals surface area contributed by atoms with Crippen molar-refractivity contribution in [2.45, 2.75) is 13.8 Å². The number of hydrogen-bond donors (Lipinski definition) is 2. The predicted molar refractivity (Wildman–Crippen MR) is 101 cm³/mol. The van der Waals surface area contributed by atoms with Gasteiger partial charge in [-0.05, 0) is 44.2 Å². The number of rotatable bonds is 4. The number of ether oxygens (including phenoxy) is 2. The van der Waals surface area contributed by atoms with Crippen molar-refractivity contribution in [1.29, 1.82) is 0 Å². The molecule has 0 aliphatic carbocycles. The lowest BCUT2D eigenvalue weighted by Crippen LogP contribution is -2.19. The molecule has 0 saturated carbocycles. The van der Waals surface area contributed by atoms with Gasteiger partial charge in [0.1, 0.15) is 11.5 Å². The molecule has 2 amide bonds. The van der Waals surface area contributed by atoms with Gasteiger partial charge < -0.3 is 20.1 Å². The van der Waals surface area contributed by atoms with Crippen molar-refractivity contribution in [3.8, 4) is 11.5 Å². The monoisotopic (exact) mass is 352 g/mol. The minimum Gasteiger partial charge on any atom is -0.497 e. The van der Waals surface area contributed by atoms with E-state index in [2.05, 4.69) is 20.6 Å². The number of hydrogen-bond acceptors (Lipinski definition) is 5. The number of carbonyl (C=O) groups is 1. The van der Waals surface area contributed by atoms with Crippen LogP contribution in [0.1, 0.15) is 11.4 Å². The second-order valence-electron chi connectivity index (χ2n) is 5.74. The number of aromatic nitrogens is 2. The fraction of sp³-hybridized carbons (Fsp3) is 0.211. The molecule has 0 spiro atoms. The summed E-state index contributed by atoms with van der Waals surface area (Å²) in [6.45, 7) is 3.83. The van der Waals surface area contributed by atoms with Crippen LogP contribution in [0.15, 0.2) is 36.4 Å². The number of amides is 2. The number of aryl methyl sites for hydroxylation is 2. The summed E-state index contributed by atoms with van der Waals surface area (Å²) in [6.07, 6.45) is 0. The molecule has 3 aromatic rings. The summed E-state index contributed by atoms with van der Waals surface area (Å²) in [5, 5.41) is 5.56. The highest BCUT2D eigenvalue weighted by Crippen LogP contribution is 2.29. The van der Waals surface area contributed by atoms with Crippen LogP contribution in [0, 0.1) is 13.8 Å². The highest BCUT2D eigenvalue weighted by Gasteiger charge is 2.10. The summed E-state index contributed by atoms with van der Waals surface area (Å²) in [6, 6.07) is 10.2. The van der Waals surface area contributed by atoms with Gasteiger partial charge in [-0.25, -0.2) is 14.8 Å². The first-order valence-corrected chi connectivity index (χ1v) is 8.05. The third kappa shape index (κ3) is 3.66. The molecule has 2 N–H and O–H groups in total. The Hall–Kier alpha value is -3.35. The smallest absolute Gasteiger partial charge is 0.323 e. The van der Waals surface area contributed by atoms with Crippen LogP contribution >= 0.6 is 0 Å². The fourth-order valence-electron chi connectivity index (χ4n) is 2.49. The zero-order valence-electron chi connectivity index (χ0n) is 15.1. The number of methoxy groups -OCH3 is 2. The molecule has 3 rings (SSSR count). The molecule has 0 fully saturated rings. The standard InChI is InChI=1S/C19H20N4O3/c1-11-12(2)21-17-9-13(5-7-15(17)20-11)22-19(24)23-16-8-6-14(25-3)10-18(16)26-4/h5-10H,1-4H3,(H2,22,23,24). The van der Waals surface area contributed by atoms with Crippen LogP contribution in [-0.2, 0) is 0 Å². The summed E-state index contributed by atoms with van der Waals surface area (Å²) >= 11 is 0. The Labute approximate surface area is 151 Å². The van der Waals surface area contributed by atoms with E-state index in [0.29, 0.717) is 22.9 Å². The first-order valence-electron chi connectivity index (χ1n) is 8.05. The molecule has 134 valence electrons. The Morgan fingerprint density at radius 2 is 1.62 bits per heavy atom. The lowest BCUT2D eigenvalue weighted by atomic mass is 10.2. The fourth-order valence-corrected chi connectivity index (χ4v) is 2.49. The Morgan fingerprint density at radius 3 is 2.31 bits per heavy atom. The topological polar surface area (TPSA) is 85.4 Å². The minimum atomic E-state index is -0.385. The molecule has 0 bridgehead atoms. The number of benzene rings is 2. The largest absolute Gasteiger partial charge is 0.497 e. The number of anilines is 2. The zero-order valence-corrected chi connectivity index (χ0v) is 15.1. The van der Waals surface area contributed by atoms with Gasteiger partial charge in [0.25, 0.3) is 0 Å². The molecule has 2 aromatic carbocycles. The maximum Gasteiger partial charge on any atom is 0.323 e. The molecule has 0 aliphatic rings. The Morgan fingerprint density at radius 1 is 0.885 bits per heavy atom. The van der Waals surface area contributed by atoms with E-state index in [-0.39, 0.29) is 6.03 Å². The highest BCUT2D eigenvalue weighted by molar-refractivity contribution is 6.01. The van der Waals surface area contributed by atoms with Crippen LogP contribution < -0.4 is 20.1 Å². The average Bonchev–Trinajstić information content (AvgIpc) is 2.63. The third-order valence-corrected chi connectivity index (χ3v) is 3.99. The summed E-state index contributed by atoms with van der Waals surface area (Å²) in [4.78, 5) is 21.3. The molecule has 1 aromatic heterocycles. The van der Waals surface area contributed by atoms with Crippen LogP contribution in [0.2, 0.25) is 0 Å². The second-order valence-corrected chi connectivity index (χ2v) is 5.74. The van der Waals surface area contributed by atoms with Crippen LogP contribution in [0.25, 0.3) is 11.0 Å². The van der Waals surface area contributed by atoms with Crippen LogP contribution in [0.3, 0.4) is 0 Å². The van der Waals surface area contributed by atoms with Gasteiger partial charge in [0, 0.05) is 11.8 Å². The first-order chi connectivity index (χ1) is 12.5. The van der Waals surface area contributed by atoms with E-state index in [4.69, 9.17) is 9.47 Å². The zero-order chi connectivity index (χ0) is 18.7. The number of nitrogens with one attached hydrogen (secondary N) is 2. The molecular weight excluding hydrogens is 332 g/mol. The van der Waals surface area contributed by atoms with Gasteiger partial charge >= 0.3 is 6.03 Å². The number of fused-ring (bicyclic) bond motifs is 1. The van der Waals surface area contributed by atoms with Crippen LogP contribution in [0.5, 0.6) is 11.5 Å². The lowest BCUT2D eigenvalue weighted by molar-refractivity contribution is 0.262. The number of nitrogens with zero attached hydrogens (tertiary/aromatic N) is 2. The van der Waals surface area contributed by atoms with Crippen LogP contribution in [-0.4, -0.2) is 30.2 Å². The van der Waals surface area contributed by atoms with Crippen molar-refractivity contribution in [3.05, 3.63) is 47.8 Å². The third-order valence-electron chi connectivity index (χ3n) is 3.99. The second kappa shape index (κ2) is 7.26. The SMILES string of the molecule is COc1ccc(NC(=O)Nc2ccc3nc(C)c(C)nc3c2)c(OC)c1. The maximum atomic E-state index is 12.3. The Bertz CT molecular complexity index is 972. The number of urea groups is 1. The van der Waals surface area contributed by atoms with E-state index >= 15 is 0 Å². The van der Waals surface area contributed by atoms with Crippen molar-refractivity contribution >= 4 is 28.4 Å². The van der Waals surface area contributed by atoms with E-state index in [0.717, 1.165) is 22.4 Å². The van der Waals surface area contributed by atoms with Gasteiger partial charge in [-0.3, -0.25) is 0 Å². The van der Waals surface area contributed by atoms with Crippen molar-refractivity contribution in [1.82, 2.24) is 9.97 Å². The van der Waals surface area contributed by atoms with E-state index in [1.807, 2.05) is 19.9 Å². The first kappa shape index (κ1) is 17.5. The molecule has 0 aliphatic heterocycles. The summed E-state index contributed by atoms with van der Waals surface area (Å²) in [7, 11) is 3.10. The molecule has 0 radical (unpaired) electrons. The van der Waals surface area contributed by atoms with Gasteiger partial charge in [-0.15, -0.1) is 0 Å². The maximum absolute atomic E-state index is 12.3. The molecule has 26 heavy (non-hydrogen) atoms. The molecule has 7 heteroatoms. The van der Waals surface area contributed by atoms with Gasteiger partial charge in [-0.2, -0.15) is 0 Å². The normalized spacial score (nSPS) is 10.5. The van der Waals surface area contributed by atoms with E-state index < -0.39 is 0 Å². The minimum absolute atomic E-state index is 0.385. The Balaban J connectivity index is 1.78. The van der Waals surface area contributed by atoms with Gasteiger partial charge in [0.2, 0.25) is 0 Å². The number of carbonyl (C=O) groups excluding carboxylic acids is 1. The van der Waals surface area contributed by atoms with Crippen molar-refractivity contribution in [2.75, 3.05) is 24.9 Å².